The Morgan fingerprint density at radius 2 is 2.08 bits per heavy atom. The molecule has 1 rings (SSSR count). The molecule has 4 heteroatoms. The van der Waals surface area contributed by atoms with Crippen molar-refractivity contribution in [1.29, 1.82) is 0 Å². The first-order valence-electron chi connectivity index (χ1n) is 4.50. The van der Waals surface area contributed by atoms with Gasteiger partial charge in [0.25, 0.3) is 5.91 Å². The van der Waals surface area contributed by atoms with E-state index in [-0.39, 0.29) is 5.91 Å². The third-order valence-electron chi connectivity index (χ3n) is 2.54. The fourth-order valence-corrected chi connectivity index (χ4v) is 1.82. The summed E-state index contributed by atoms with van der Waals surface area (Å²) in [6, 6.07) is -0.418. The number of hydrogen-bond donors (Lipinski definition) is 3. The van der Waals surface area contributed by atoms with E-state index in [0.29, 0.717) is 5.92 Å². The molecule has 0 aromatic heterocycles. The molecule has 0 heterocycles. The van der Waals surface area contributed by atoms with Crippen LogP contribution >= 0.6 is 0 Å². The lowest BCUT2D eigenvalue weighted by molar-refractivity contribution is -0.122. The van der Waals surface area contributed by atoms with Crippen LogP contribution in [0, 0.1) is 5.92 Å². The van der Waals surface area contributed by atoms with Gasteiger partial charge in [-0.2, -0.15) is 0 Å². The van der Waals surface area contributed by atoms with Gasteiger partial charge in [0.15, 0.2) is 0 Å². The van der Waals surface area contributed by atoms with Gasteiger partial charge in [-0.05, 0) is 12.3 Å². The summed E-state index contributed by atoms with van der Waals surface area (Å²) in [6.07, 6.45) is 5.77. The van der Waals surface area contributed by atoms with E-state index in [1.165, 1.54) is 25.7 Å². The highest BCUT2D eigenvalue weighted by Gasteiger charge is 2.21. The van der Waals surface area contributed by atoms with Crippen molar-refractivity contribution in [3.8, 4) is 0 Å². The SMILES string of the molecule is NNC(=O)C(N)CC1CCCC1. The maximum atomic E-state index is 10.9. The van der Waals surface area contributed by atoms with Gasteiger partial charge in [-0.25, -0.2) is 5.84 Å². The standard InChI is InChI=1S/C8H17N3O/c9-7(8(12)11-10)5-6-3-1-2-4-6/h6-7H,1-5,9-10H2,(H,11,12). The first-order chi connectivity index (χ1) is 5.74. The quantitative estimate of drug-likeness (QED) is 0.315. The molecule has 1 aliphatic rings. The minimum absolute atomic E-state index is 0.248. The highest BCUT2D eigenvalue weighted by atomic mass is 16.2. The second-order valence-corrected chi connectivity index (χ2v) is 3.50. The molecule has 1 aliphatic carbocycles. The van der Waals surface area contributed by atoms with Crippen molar-refractivity contribution < 1.29 is 4.79 Å². The van der Waals surface area contributed by atoms with E-state index in [4.69, 9.17) is 11.6 Å². The van der Waals surface area contributed by atoms with Crippen LogP contribution in [0.1, 0.15) is 32.1 Å². The van der Waals surface area contributed by atoms with Gasteiger partial charge < -0.3 is 5.73 Å². The largest absolute Gasteiger partial charge is 0.320 e. The Kier molecular flexibility index (Phi) is 3.49. The van der Waals surface area contributed by atoms with Crippen molar-refractivity contribution >= 4 is 5.91 Å². The third kappa shape index (κ3) is 2.46. The molecule has 12 heavy (non-hydrogen) atoms. The number of hydrazine groups is 1. The van der Waals surface area contributed by atoms with Crippen molar-refractivity contribution in [2.24, 2.45) is 17.5 Å². The van der Waals surface area contributed by atoms with Gasteiger partial charge in [0.05, 0.1) is 6.04 Å². The van der Waals surface area contributed by atoms with E-state index in [1.807, 2.05) is 0 Å². The molecular formula is C8H17N3O. The van der Waals surface area contributed by atoms with Gasteiger partial charge in [0.1, 0.15) is 0 Å². The zero-order valence-electron chi connectivity index (χ0n) is 7.25. The number of nitrogens with one attached hydrogen (secondary N) is 1. The maximum absolute atomic E-state index is 10.9. The number of carbonyl (C=O) groups excluding carboxylic acids is 1. The summed E-state index contributed by atoms with van der Waals surface area (Å²) in [6.45, 7) is 0. The molecule has 70 valence electrons. The number of rotatable bonds is 3. The lowest BCUT2D eigenvalue weighted by Gasteiger charge is -2.14. The van der Waals surface area contributed by atoms with Crippen molar-refractivity contribution in [2.75, 3.05) is 0 Å². The van der Waals surface area contributed by atoms with Crippen molar-refractivity contribution in [2.45, 2.75) is 38.1 Å². The highest BCUT2D eigenvalue weighted by molar-refractivity contribution is 5.80. The number of nitrogens with two attached hydrogens (primary N) is 2. The summed E-state index contributed by atoms with van der Waals surface area (Å²) in [5.41, 5.74) is 7.69. The summed E-state index contributed by atoms with van der Waals surface area (Å²) >= 11 is 0. The van der Waals surface area contributed by atoms with Gasteiger partial charge in [-0.15, -0.1) is 0 Å². The zero-order valence-corrected chi connectivity index (χ0v) is 7.25. The number of amides is 1. The fourth-order valence-electron chi connectivity index (χ4n) is 1.82. The van der Waals surface area contributed by atoms with Crippen molar-refractivity contribution in [3.63, 3.8) is 0 Å². The molecule has 0 radical (unpaired) electrons. The Hall–Kier alpha value is -0.610. The molecule has 0 bridgehead atoms. The lowest BCUT2D eigenvalue weighted by Crippen LogP contribution is -2.44. The van der Waals surface area contributed by atoms with Crippen LogP contribution in [0.2, 0.25) is 0 Å². The van der Waals surface area contributed by atoms with Gasteiger partial charge >= 0.3 is 0 Å². The summed E-state index contributed by atoms with van der Waals surface area (Å²) in [4.78, 5) is 10.9. The predicted octanol–water partition coefficient (Wildman–Crippen LogP) is -0.116. The minimum Gasteiger partial charge on any atom is -0.320 e. The zero-order chi connectivity index (χ0) is 8.97. The van der Waals surface area contributed by atoms with Crippen LogP contribution in [0.3, 0.4) is 0 Å². The average Bonchev–Trinajstić information content (AvgIpc) is 2.55. The summed E-state index contributed by atoms with van der Waals surface area (Å²) in [5.74, 6) is 5.36. The Labute approximate surface area is 72.6 Å². The van der Waals surface area contributed by atoms with E-state index in [0.717, 1.165) is 6.42 Å². The van der Waals surface area contributed by atoms with E-state index in [1.54, 1.807) is 0 Å². The molecule has 0 aromatic carbocycles. The van der Waals surface area contributed by atoms with E-state index < -0.39 is 6.04 Å². The molecule has 1 unspecified atom stereocenters. The second-order valence-electron chi connectivity index (χ2n) is 3.50. The van der Waals surface area contributed by atoms with Crippen LogP contribution in [0.15, 0.2) is 0 Å². The molecule has 1 saturated carbocycles. The minimum atomic E-state index is -0.418. The number of hydrogen-bond acceptors (Lipinski definition) is 3. The summed E-state index contributed by atoms with van der Waals surface area (Å²) in [5, 5.41) is 0. The second kappa shape index (κ2) is 4.42. The molecule has 4 nitrogen and oxygen atoms in total. The Bertz CT molecular complexity index is 154. The maximum Gasteiger partial charge on any atom is 0.250 e. The van der Waals surface area contributed by atoms with Gasteiger partial charge in [0.2, 0.25) is 0 Å². The molecule has 0 spiro atoms. The fraction of sp³-hybridized carbons (Fsp3) is 0.875. The Morgan fingerprint density at radius 3 is 2.58 bits per heavy atom. The summed E-state index contributed by atoms with van der Waals surface area (Å²) < 4.78 is 0. The van der Waals surface area contributed by atoms with Crippen LogP contribution in [-0.4, -0.2) is 11.9 Å². The Balaban J connectivity index is 2.24. The highest BCUT2D eigenvalue weighted by Crippen LogP contribution is 2.28. The first kappa shape index (κ1) is 9.48. The van der Waals surface area contributed by atoms with Crippen LogP contribution in [-0.2, 0) is 4.79 Å². The summed E-state index contributed by atoms with van der Waals surface area (Å²) in [7, 11) is 0. The van der Waals surface area contributed by atoms with Crippen LogP contribution < -0.4 is 17.0 Å². The molecular weight excluding hydrogens is 154 g/mol. The monoisotopic (exact) mass is 171 g/mol. The third-order valence-corrected chi connectivity index (χ3v) is 2.54. The van der Waals surface area contributed by atoms with Crippen LogP contribution in [0.5, 0.6) is 0 Å². The van der Waals surface area contributed by atoms with Gasteiger partial charge in [0, 0.05) is 0 Å². The smallest absolute Gasteiger partial charge is 0.250 e. The molecule has 1 atom stereocenters. The molecule has 0 saturated heterocycles. The van der Waals surface area contributed by atoms with Crippen LogP contribution in [0.25, 0.3) is 0 Å². The lowest BCUT2D eigenvalue weighted by atomic mass is 9.99. The molecule has 0 aromatic rings. The predicted molar refractivity (Wildman–Crippen MR) is 46.9 cm³/mol. The van der Waals surface area contributed by atoms with Crippen molar-refractivity contribution in [3.05, 3.63) is 0 Å². The molecule has 1 fully saturated rings. The number of carbonyl (C=O) groups is 1. The average molecular weight is 171 g/mol. The Morgan fingerprint density at radius 1 is 1.50 bits per heavy atom. The van der Waals surface area contributed by atoms with Gasteiger partial charge in [-0.1, -0.05) is 25.7 Å². The normalized spacial score (nSPS) is 20.8. The van der Waals surface area contributed by atoms with Gasteiger partial charge in [-0.3, -0.25) is 10.2 Å². The molecule has 0 aliphatic heterocycles. The van der Waals surface area contributed by atoms with E-state index in [2.05, 4.69) is 5.43 Å². The van der Waals surface area contributed by atoms with Crippen LogP contribution in [0.4, 0.5) is 0 Å². The molecule has 5 N–H and O–H groups in total. The topological polar surface area (TPSA) is 81.1 Å². The van der Waals surface area contributed by atoms with E-state index in [9.17, 15) is 4.79 Å². The van der Waals surface area contributed by atoms with E-state index >= 15 is 0 Å². The first-order valence-corrected chi connectivity index (χ1v) is 4.50. The van der Waals surface area contributed by atoms with Crippen molar-refractivity contribution in [1.82, 2.24) is 5.43 Å². The molecule has 1 amide bonds.